The highest BCUT2D eigenvalue weighted by Crippen LogP contribution is 2.37. The number of amides is 2. The molecule has 0 aliphatic rings. The zero-order chi connectivity index (χ0) is 28.3. The maximum atomic E-state index is 13.5. The fourth-order valence-electron chi connectivity index (χ4n) is 3.39. The lowest BCUT2D eigenvalue weighted by atomic mass is 10.1. The predicted molar refractivity (Wildman–Crippen MR) is 141 cm³/mol. The van der Waals surface area contributed by atoms with Crippen LogP contribution in [0.1, 0.15) is 38.8 Å². The van der Waals surface area contributed by atoms with E-state index in [0.29, 0.717) is 15.9 Å². The van der Waals surface area contributed by atoms with E-state index in [1.807, 2.05) is 0 Å². The van der Waals surface area contributed by atoms with Crippen molar-refractivity contribution in [1.82, 2.24) is 10.2 Å². The molecule has 2 rings (SSSR count). The molecule has 1 N–H and O–H groups in total. The summed E-state index contributed by atoms with van der Waals surface area (Å²) < 4.78 is 66.7. The molecule has 13 heteroatoms. The molecule has 204 valence electrons. The van der Waals surface area contributed by atoms with Gasteiger partial charge in [0.25, 0.3) is 0 Å². The monoisotopic (exact) mass is 625 g/mol. The number of anilines is 1. The second-order valence-electron chi connectivity index (χ2n) is 9.50. The van der Waals surface area contributed by atoms with Crippen molar-refractivity contribution in [1.29, 1.82) is 0 Å². The van der Waals surface area contributed by atoms with Gasteiger partial charge in [-0.1, -0.05) is 39.7 Å². The third-order valence-electron chi connectivity index (χ3n) is 5.13. The van der Waals surface area contributed by atoms with Crippen molar-refractivity contribution in [2.24, 2.45) is 0 Å². The first-order valence-electron chi connectivity index (χ1n) is 11.0. The average molecular weight is 627 g/mol. The van der Waals surface area contributed by atoms with Gasteiger partial charge in [-0.3, -0.25) is 13.9 Å². The Labute approximate surface area is 228 Å². The molecule has 0 saturated carbocycles. The van der Waals surface area contributed by atoms with Crippen LogP contribution in [0.15, 0.2) is 46.9 Å². The summed E-state index contributed by atoms with van der Waals surface area (Å²) in [5.74, 6) is -1.27. The first-order valence-corrected chi connectivity index (χ1v) is 14.0. The molecule has 2 aromatic carbocycles. The smallest absolute Gasteiger partial charge is 0.350 e. The van der Waals surface area contributed by atoms with E-state index in [2.05, 4.69) is 21.2 Å². The quantitative estimate of drug-likeness (QED) is 0.436. The number of carbonyl (C=O) groups excluding carboxylic acids is 2. The molecule has 0 fully saturated rings. The van der Waals surface area contributed by atoms with E-state index in [4.69, 9.17) is 11.6 Å². The summed E-state index contributed by atoms with van der Waals surface area (Å²) in [5.41, 5.74) is -1.58. The SMILES string of the molecule is C[C@H](C(=O)NC(C)(C)C)N(Cc1cccc(Br)c1)C(=O)CN(c1ccc(Cl)c(C(F)(F)F)c1)S(C)(=O)=O. The molecule has 37 heavy (non-hydrogen) atoms. The topological polar surface area (TPSA) is 86.8 Å². The molecular formula is C24H28BrClF3N3O4S. The molecule has 0 unspecified atom stereocenters. The molecule has 0 saturated heterocycles. The van der Waals surface area contributed by atoms with Gasteiger partial charge in [-0.25, -0.2) is 8.42 Å². The van der Waals surface area contributed by atoms with Crippen molar-refractivity contribution in [3.63, 3.8) is 0 Å². The van der Waals surface area contributed by atoms with Gasteiger partial charge in [0.15, 0.2) is 0 Å². The van der Waals surface area contributed by atoms with Crippen LogP contribution in [0.3, 0.4) is 0 Å². The molecular weight excluding hydrogens is 599 g/mol. The van der Waals surface area contributed by atoms with Crippen molar-refractivity contribution in [2.75, 3.05) is 17.1 Å². The fraction of sp³-hybridized carbons (Fsp3) is 0.417. The molecule has 0 aliphatic heterocycles. The normalized spacial score (nSPS) is 13.1. The Morgan fingerprint density at radius 1 is 1.11 bits per heavy atom. The third-order valence-corrected chi connectivity index (χ3v) is 7.09. The lowest BCUT2D eigenvalue weighted by molar-refractivity contribution is -0.140. The number of nitrogens with zero attached hydrogens (tertiary/aromatic N) is 2. The van der Waals surface area contributed by atoms with Crippen molar-refractivity contribution in [3.05, 3.63) is 63.1 Å². The van der Waals surface area contributed by atoms with Gasteiger partial charge in [0.1, 0.15) is 12.6 Å². The zero-order valence-corrected chi connectivity index (χ0v) is 24.0. The van der Waals surface area contributed by atoms with Crippen molar-refractivity contribution >= 4 is 55.1 Å². The summed E-state index contributed by atoms with van der Waals surface area (Å²) in [6, 6.07) is 8.52. The highest BCUT2D eigenvalue weighted by molar-refractivity contribution is 9.10. The Hall–Kier alpha value is -2.31. The van der Waals surface area contributed by atoms with E-state index < -0.39 is 56.7 Å². The lowest BCUT2D eigenvalue weighted by Gasteiger charge is -2.33. The summed E-state index contributed by atoms with van der Waals surface area (Å²) in [7, 11) is -4.21. The lowest BCUT2D eigenvalue weighted by Crippen LogP contribution is -2.54. The van der Waals surface area contributed by atoms with E-state index in [-0.39, 0.29) is 12.2 Å². The number of benzene rings is 2. The Kier molecular flexibility index (Phi) is 9.70. The Balaban J connectivity index is 2.50. The standard InChI is InChI=1S/C24H28BrClF3N3O4S/c1-15(22(34)30-23(2,3)4)31(13-16-7-6-8-17(25)11-16)21(33)14-32(37(5,35)36)18-9-10-20(26)19(12-18)24(27,28)29/h6-12,15H,13-14H2,1-5H3,(H,30,34)/t15-/m1/s1. The number of sulfonamides is 1. The van der Waals surface area contributed by atoms with Gasteiger partial charge in [-0.2, -0.15) is 13.2 Å². The van der Waals surface area contributed by atoms with Gasteiger partial charge >= 0.3 is 6.18 Å². The van der Waals surface area contributed by atoms with Gasteiger partial charge in [-0.05, 0) is 63.6 Å². The summed E-state index contributed by atoms with van der Waals surface area (Å²) in [4.78, 5) is 27.6. The van der Waals surface area contributed by atoms with Crippen LogP contribution in [0.2, 0.25) is 5.02 Å². The maximum Gasteiger partial charge on any atom is 0.417 e. The van der Waals surface area contributed by atoms with Gasteiger partial charge in [0.05, 0.1) is 22.5 Å². The molecule has 0 spiro atoms. The fourth-order valence-corrected chi connectivity index (χ4v) is 4.90. The maximum absolute atomic E-state index is 13.5. The largest absolute Gasteiger partial charge is 0.417 e. The number of hydrogen-bond donors (Lipinski definition) is 1. The van der Waals surface area contributed by atoms with Crippen LogP contribution in [0.4, 0.5) is 18.9 Å². The van der Waals surface area contributed by atoms with Gasteiger partial charge in [0.2, 0.25) is 21.8 Å². The van der Waals surface area contributed by atoms with Gasteiger partial charge in [0, 0.05) is 16.6 Å². The number of halogens is 5. The summed E-state index contributed by atoms with van der Waals surface area (Å²) in [6.07, 6.45) is -4.07. The second kappa shape index (κ2) is 11.6. The molecule has 0 aromatic heterocycles. The minimum absolute atomic E-state index is 0.0526. The number of hydrogen-bond acceptors (Lipinski definition) is 4. The molecule has 0 heterocycles. The van der Waals surface area contributed by atoms with E-state index in [1.54, 1.807) is 45.0 Å². The van der Waals surface area contributed by atoms with Crippen molar-refractivity contribution in [2.45, 2.75) is 52.0 Å². The number of rotatable bonds is 8. The zero-order valence-electron chi connectivity index (χ0n) is 20.9. The van der Waals surface area contributed by atoms with Crippen LogP contribution in [-0.2, 0) is 32.3 Å². The highest BCUT2D eigenvalue weighted by Gasteiger charge is 2.36. The Morgan fingerprint density at radius 3 is 2.24 bits per heavy atom. The first-order chi connectivity index (χ1) is 16.8. The van der Waals surface area contributed by atoms with E-state index >= 15 is 0 Å². The predicted octanol–water partition coefficient (Wildman–Crippen LogP) is 5.22. The first kappa shape index (κ1) is 30.9. The number of carbonyl (C=O) groups is 2. The summed E-state index contributed by atoms with van der Waals surface area (Å²) in [5, 5.41) is 2.17. The highest BCUT2D eigenvalue weighted by atomic mass is 79.9. The van der Waals surface area contributed by atoms with Gasteiger partial charge in [-0.15, -0.1) is 0 Å². The molecule has 7 nitrogen and oxygen atoms in total. The molecule has 0 bridgehead atoms. The van der Waals surface area contributed by atoms with Crippen LogP contribution in [-0.4, -0.2) is 49.5 Å². The Bertz CT molecular complexity index is 1270. The van der Waals surface area contributed by atoms with Gasteiger partial charge < -0.3 is 10.2 Å². The minimum Gasteiger partial charge on any atom is -0.350 e. The second-order valence-corrected chi connectivity index (χ2v) is 12.7. The molecule has 2 amide bonds. The van der Waals surface area contributed by atoms with Crippen LogP contribution < -0.4 is 9.62 Å². The summed E-state index contributed by atoms with van der Waals surface area (Å²) in [6.45, 7) is 5.90. The third kappa shape index (κ3) is 8.89. The van der Waals surface area contributed by atoms with Crippen molar-refractivity contribution in [3.8, 4) is 0 Å². The van der Waals surface area contributed by atoms with Crippen LogP contribution in [0, 0.1) is 0 Å². The Morgan fingerprint density at radius 2 is 1.73 bits per heavy atom. The molecule has 0 radical (unpaired) electrons. The van der Waals surface area contributed by atoms with Crippen LogP contribution >= 0.6 is 27.5 Å². The van der Waals surface area contributed by atoms with Crippen LogP contribution in [0.25, 0.3) is 0 Å². The molecule has 1 atom stereocenters. The van der Waals surface area contributed by atoms with E-state index in [9.17, 15) is 31.2 Å². The number of alkyl halides is 3. The van der Waals surface area contributed by atoms with Crippen LogP contribution in [0.5, 0.6) is 0 Å². The molecule has 2 aromatic rings. The van der Waals surface area contributed by atoms with Crippen molar-refractivity contribution < 1.29 is 31.2 Å². The number of nitrogens with one attached hydrogen (secondary N) is 1. The summed E-state index contributed by atoms with van der Waals surface area (Å²) >= 11 is 9.02. The molecule has 0 aliphatic carbocycles. The van der Waals surface area contributed by atoms with E-state index in [1.165, 1.54) is 11.8 Å². The average Bonchev–Trinajstić information content (AvgIpc) is 2.73. The minimum atomic E-state index is -4.84. The van der Waals surface area contributed by atoms with E-state index in [0.717, 1.165) is 22.9 Å².